The molecule has 0 aromatic carbocycles. The highest BCUT2D eigenvalue weighted by Gasteiger charge is 2.35. The minimum atomic E-state index is -3.63. The fourth-order valence-corrected chi connectivity index (χ4v) is 6.58. The van der Waals surface area contributed by atoms with Gasteiger partial charge in [-0.2, -0.15) is 9.29 Å². The van der Waals surface area contributed by atoms with Gasteiger partial charge < -0.3 is 9.84 Å². The Labute approximate surface area is 181 Å². The van der Waals surface area contributed by atoms with Gasteiger partial charge in [-0.3, -0.25) is 4.79 Å². The summed E-state index contributed by atoms with van der Waals surface area (Å²) in [5.74, 6) is 1.34. The third kappa shape index (κ3) is 4.31. The van der Waals surface area contributed by atoms with Gasteiger partial charge in [0.2, 0.25) is 27.6 Å². The predicted molar refractivity (Wildman–Crippen MR) is 114 cm³/mol. The van der Waals surface area contributed by atoms with Crippen LogP contribution in [0.5, 0.6) is 0 Å². The number of carbonyl (C=O) groups excluding carboxylic acids is 1. The van der Waals surface area contributed by atoms with Crippen molar-refractivity contribution >= 4 is 27.3 Å². The number of sulfonamides is 1. The van der Waals surface area contributed by atoms with Crippen molar-refractivity contribution in [1.82, 2.24) is 19.8 Å². The number of thiophene rings is 1. The number of hydrogen-bond acceptors (Lipinski definition) is 7. The van der Waals surface area contributed by atoms with Crippen LogP contribution >= 0.6 is 11.3 Å². The van der Waals surface area contributed by atoms with E-state index in [0.29, 0.717) is 58.2 Å². The Balaban J connectivity index is 1.45. The van der Waals surface area contributed by atoms with Gasteiger partial charge in [0.1, 0.15) is 0 Å². The molecule has 1 saturated heterocycles. The Morgan fingerprint density at radius 2 is 2.03 bits per heavy atom. The number of amides is 1. The molecule has 1 amide bonds. The molecule has 1 saturated carbocycles. The summed E-state index contributed by atoms with van der Waals surface area (Å²) >= 11 is 1.36. The van der Waals surface area contributed by atoms with E-state index in [4.69, 9.17) is 4.52 Å². The number of aromatic nitrogens is 2. The second kappa shape index (κ2) is 8.39. The molecule has 0 unspecified atom stereocenters. The van der Waals surface area contributed by atoms with Gasteiger partial charge in [-0.1, -0.05) is 12.1 Å². The van der Waals surface area contributed by atoms with Crippen LogP contribution in [0.1, 0.15) is 62.6 Å². The zero-order valence-electron chi connectivity index (χ0n) is 17.6. The molecule has 2 fully saturated rings. The van der Waals surface area contributed by atoms with Gasteiger partial charge in [0.25, 0.3) is 0 Å². The van der Waals surface area contributed by atoms with Crippen LogP contribution in [0.25, 0.3) is 10.7 Å². The van der Waals surface area contributed by atoms with Gasteiger partial charge in [-0.05, 0) is 52.0 Å². The fourth-order valence-electron chi connectivity index (χ4n) is 3.62. The molecule has 1 aliphatic heterocycles. The molecule has 0 spiro atoms. The summed E-state index contributed by atoms with van der Waals surface area (Å²) in [6.07, 6.45) is 4.08. The highest BCUT2D eigenvalue weighted by Crippen LogP contribution is 2.41. The van der Waals surface area contributed by atoms with E-state index in [-0.39, 0.29) is 17.9 Å². The van der Waals surface area contributed by atoms with E-state index < -0.39 is 10.0 Å². The minimum absolute atomic E-state index is 0.0268. The normalized spacial score (nSPS) is 19.7. The monoisotopic (exact) mass is 452 g/mol. The Hall–Kier alpha value is -1.78. The Bertz CT molecular complexity index is 1020. The SMILES string of the molecule is CC[C@@H](C)NC(=O)C1CCN(S(=O)(=O)c2cc(-c3noc(C4CC4)n3)sc2C)CC1. The molecule has 2 aromatic heterocycles. The maximum atomic E-state index is 13.2. The van der Waals surface area contributed by atoms with E-state index >= 15 is 0 Å². The second-order valence-electron chi connectivity index (χ2n) is 8.26. The number of aryl methyl sites for hydroxylation is 1. The van der Waals surface area contributed by atoms with Gasteiger partial charge in [0.15, 0.2) is 0 Å². The molecule has 8 nitrogen and oxygen atoms in total. The van der Waals surface area contributed by atoms with Crippen molar-refractivity contribution in [2.75, 3.05) is 13.1 Å². The fraction of sp³-hybridized carbons (Fsp3) is 0.650. The first-order valence-electron chi connectivity index (χ1n) is 10.5. The predicted octanol–water partition coefficient (Wildman–Crippen LogP) is 3.30. The topological polar surface area (TPSA) is 105 Å². The van der Waals surface area contributed by atoms with Crippen LogP contribution in [-0.2, 0) is 14.8 Å². The quantitative estimate of drug-likeness (QED) is 0.691. The molecule has 30 heavy (non-hydrogen) atoms. The molecule has 164 valence electrons. The van der Waals surface area contributed by atoms with Gasteiger partial charge in [-0.25, -0.2) is 8.42 Å². The number of nitrogens with one attached hydrogen (secondary N) is 1. The van der Waals surface area contributed by atoms with Gasteiger partial charge in [-0.15, -0.1) is 11.3 Å². The average Bonchev–Trinajstić information content (AvgIpc) is 3.32. The number of hydrogen-bond donors (Lipinski definition) is 1. The summed E-state index contributed by atoms with van der Waals surface area (Å²) < 4.78 is 33.3. The third-order valence-electron chi connectivity index (χ3n) is 5.90. The third-order valence-corrected chi connectivity index (χ3v) is 9.10. The first kappa shape index (κ1) is 21.5. The molecule has 3 heterocycles. The van der Waals surface area contributed by atoms with Crippen molar-refractivity contribution in [3.8, 4) is 10.7 Å². The average molecular weight is 453 g/mol. The standard InChI is InChI=1S/C20H28N4O4S2/c1-4-12(2)21-19(25)14-7-9-24(10-8-14)30(26,27)17-11-16(29-13(17)3)18-22-20(28-23-18)15-5-6-15/h11-12,14-15H,4-10H2,1-3H3,(H,21,25)/t12-/m1/s1. The summed E-state index contributed by atoms with van der Waals surface area (Å²) in [4.78, 5) is 18.5. The molecule has 4 rings (SSSR count). The Kier molecular flexibility index (Phi) is 6.00. The van der Waals surface area contributed by atoms with Gasteiger partial charge >= 0.3 is 0 Å². The van der Waals surface area contributed by atoms with Crippen molar-refractivity contribution < 1.29 is 17.7 Å². The summed E-state index contributed by atoms with van der Waals surface area (Å²) in [7, 11) is -3.63. The first-order valence-corrected chi connectivity index (χ1v) is 12.8. The first-order chi connectivity index (χ1) is 14.3. The molecule has 2 aliphatic rings. The maximum absolute atomic E-state index is 13.2. The zero-order valence-corrected chi connectivity index (χ0v) is 19.2. The molecule has 0 bridgehead atoms. The van der Waals surface area contributed by atoms with E-state index in [1.54, 1.807) is 13.0 Å². The largest absolute Gasteiger partial charge is 0.353 e. The molecular formula is C20H28N4O4S2. The van der Waals surface area contributed by atoms with Crippen LogP contribution in [0.2, 0.25) is 0 Å². The molecule has 10 heteroatoms. The van der Waals surface area contributed by atoms with E-state index in [1.165, 1.54) is 15.6 Å². The smallest absolute Gasteiger partial charge is 0.244 e. The van der Waals surface area contributed by atoms with Crippen LogP contribution in [0.4, 0.5) is 0 Å². The maximum Gasteiger partial charge on any atom is 0.244 e. The minimum Gasteiger partial charge on any atom is -0.353 e. The van der Waals surface area contributed by atoms with Crippen molar-refractivity contribution in [3.63, 3.8) is 0 Å². The van der Waals surface area contributed by atoms with E-state index in [0.717, 1.165) is 19.3 Å². The van der Waals surface area contributed by atoms with Crippen LogP contribution in [-0.4, -0.2) is 47.9 Å². The molecule has 1 aliphatic carbocycles. The molecule has 1 atom stereocenters. The second-order valence-corrected chi connectivity index (χ2v) is 11.4. The Morgan fingerprint density at radius 1 is 1.33 bits per heavy atom. The van der Waals surface area contributed by atoms with Crippen LogP contribution in [0, 0.1) is 12.8 Å². The van der Waals surface area contributed by atoms with Crippen LogP contribution < -0.4 is 5.32 Å². The van der Waals surface area contributed by atoms with Crippen molar-refractivity contribution in [2.45, 2.75) is 69.7 Å². The number of rotatable bonds is 7. The molecule has 2 aromatic rings. The number of nitrogens with zero attached hydrogens (tertiary/aromatic N) is 3. The lowest BCUT2D eigenvalue weighted by Crippen LogP contribution is -2.44. The lowest BCUT2D eigenvalue weighted by atomic mass is 9.97. The van der Waals surface area contributed by atoms with E-state index in [9.17, 15) is 13.2 Å². The van der Waals surface area contributed by atoms with Crippen molar-refractivity contribution in [2.24, 2.45) is 5.92 Å². The van der Waals surface area contributed by atoms with E-state index in [2.05, 4.69) is 15.5 Å². The number of carbonyl (C=O) groups is 1. The molecule has 1 N–H and O–H groups in total. The Morgan fingerprint density at radius 3 is 2.67 bits per heavy atom. The van der Waals surface area contributed by atoms with Crippen molar-refractivity contribution in [1.29, 1.82) is 0 Å². The lowest BCUT2D eigenvalue weighted by molar-refractivity contribution is -0.126. The van der Waals surface area contributed by atoms with Gasteiger partial charge in [0, 0.05) is 35.8 Å². The summed E-state index contributed by atoms with van der Waals surface area (Å²) in [5.41, 5.74) is 0. The molecule has 0 radical (unpaired) electrons. The summed E-state index contributed by atoms with van der Waals surface area (Å²) in [5, 5.41) is 7.03. The van der Waals surface area contributed by atoms with E-state index in [1.807, 2.05) is 13.8 Å². The highest BCUT2D eigenvalue weighted by atomic mass is 32.2. The molecular weight excluding hydrogens is 424 g/mol. The lowest BCUT2D eigenvalue weighted by Gasteiger charge is -2.31. The number of piperidine rings is 1. The van der Waals surface area contributed by atoms with Crippen LogP contribution in [0.3, 0.4) is 0 Å². The van der Waals surface area contributed by atoms with Gasteiger partial charge in [0.05, 0.1) is 9.77 Å². The summed E-state index contributed by atoms with van der Waals surface area (Å²) in [6, 6.07) is 1.79. The zero-order chi connectivity index (χ0) is 21.5. The van der Waals surface area contributed by atoms with Crippen molar-refractivity contribution in [3.05, 3.63) is 16.8 Å². The summed E-state index contributed by atoms with van der Waals surface area (Å²) in [6.45, 7) is 6.50. The van der Waals surface area contributed by atoms with Crippen LogP contribution in [0.15, 0.2) is 15.5 Å². The highest BCUT2D eigenvalue weighted by molar-refractivity contribution is 7.89.